The van der Waals surface area contributed by atoms with Crippen LogP contribution in [0.15, 0.2) is 66.7 Å². The molecule has 11 heteroatoms. The van der Waals surface area contributed by atoms with Crippen LogP contribution >= 0.6 is 0 Å². The predicted molar refractivity (Wildman–Crippen MR) is 143 cm³/mol. The second kappa shape index (κ2) is 11.8. The van der Waals surface area contributed by atoms with E-state index >= 15 is 0 Å². The third-order valence-corrected chi connectivity index (χ3v) is 6.62. The number of halogens is 2. The van der Waals surface area contributed by atoms with E-state index in [9.17, 15) is 18.8 Å². The maximum atomic E-state index is 14.0. The lowest BCUT2D eigenvalue weighted by Crippen LogP contribution is -2.38. The van der Waals surface area contributed by atoms with Gasteiger partial charge in [-0.3, -0.25) is 4.79 Å². The lowest BCUT2D eigenvalue weighted by Gasteiger charge is -2.34. The minimum absolute atomic E-state index is 0.0141. The van der Waals surface area contributed by atoms with E-state index in [1.807, 2.05) is 30.3 Å². The number of nitriles is 1. The van der Waals surface area contributed by atoms with Crippen LogP contribution in [0.1, 0.15) is 34.5 Å². The molecule has 1 aliphatic rings. The Hall–Kier alpha value is -4.98. The number of nitrogens with zero attached hydrogens (tertiary/aromatic N) is 5. The first-order chi connectivity index (χ1) is 19.4. The van der Waals surface area contributed by atoms with E-state index in [-0.39, 0.29) is 23.4 Å². The molecule has 0 saturated carbocycles. The highest BCUT2D eigenvalue weighted by molar-refractivity contribution is 6.06. The average molecular weight is 545 g/mol. The number of ether oxygens (including phenoxy) is 2. The van der Waals surface area contributed by atoms with Gasteiger partial charge in [0.25, 0.3) is 5.91 Å². The molecular formula is C29H26F2N6O3. The van der Waals surface area contributed by atoms with Gasteiger partial charge in [-0.1, -0.05) is 35.5 Å². The van der Waals surface area contributed by atoms with Crippen molar-refractivity contribution in [3.63, 3.8) is 0 Å². The monoisotopic (exact) mass is 544 g/mol. The smallest absolute Gasteiger partial charge is 0.281 e. The van der Waals surface area contributed by atoms with Crippen molar-refractivity contribution < 1.29 is 23.0 Å². The van der Waals surface area contributed by atoms with E-state index in [0.717, 1.165) is 23.4 Å². The Balaban J connectivity index is 1.31. The summed E-state index contributed by atoms with van der Waals surface area (Å²) in [5.41, 5.74) is 2.52. The molecule has 0 atom stereocenters. The fraction of sp³-hybridized carbons (Fsp3) is 0.241. The van der Waals surface area contributed by atoms with Gasteiger partial charge in [-0.2, -0.15) is 5.26 Å². The highest BCUT2D eigenvalue weighted by Gasteiger charge is 2.26. The van der Waals surface area contributed by atoms with Crippen molar-refractivity contribution in [2.75, 3.05) is 30.4 Å². The number of piperidine rings is 1. The van der Waals surface area contributed by atoms with Crippen LogP contribution in [0.3, 0.4) is 0 Å². The summed E-state index contributed by atoms with van der Waals surface area (Å²) < 4.78 is 40.0. The maximum Gasteiger partial charge on any atom is 0.281 e. The summed E-state index contributed by atoms with van der Waals surface area (Å²) in [6, 6.07) is 20.0. The Morgan fingerprint density at radius 1 is 1.10 bits per heavy atom. The van der Waals surface area contributed by atoms with Crippen LogP contribution in [0.2, 0.25) is 0 Å². The van der Waals surface area contributed by atoms with Crippen molar-refractivity contribution >= 4 is 17.3 Å². The number of hydrogen-bond donors (Lipinski definition) is 1. The van der Waals surface area contributed by atoms with Crippen LogP contribution in [0, 0.1) is 23.0 Å². The fourth-order valence-electron chi connectivity index (χ4n) is 4.64. The van der Waals surface area contributed by atoms with Crippen LogP contribution in [0.25, 0.3) is 0 Å². The molecule has 5 rings (SSSR count). The van der Waals surface area contributed by atoms with Crippen molar-refractivity contribution in [3.05, 3.63) is 95.2 Å². The molecule has 0 unspecified atom stereocenters. The molecule has 1 aromatic heterocycles. The number of hydrogen-bond acceptors (Lipinski definition) is 7. The molecule has 4 aromatic rings. The summed E-state index contributed by atoms with van der Waals surface area (Å²) in [5, 5.41) is 20.5. The summed E-state index contributed by atoms with van der Waals surface area (Å²) in [4.78, 5) is 15.4. The Morgan fingerprint density at radius 2 is 1.88 bits per heavy atom. The molecule has 2 heterocycles. The lowest BCUT2D eigenvalue weighted by atomic mass is 10.1. The Bertz CT molecular complexity index is 1550. The SMILES string of the molecule is COc1c(C(=O)Nc2cc(C#N)ccc2N2CCC(Oc3ccc(F)cc3F)CC2)nnn1Cc1ccccc1. The third-order valence-electron chi connectivity index (χ3n) is 6.62. The van der Waals surface area contributed by atoms with E-state index < -0.39 is 17.5 Å². The van der Waals surface area contributed by atoms with Crippen molar-refractivity contribution in [2.45, 2.75) is 25.5 Å². The number of carbonyl (C=O) groups excluding carboxylic acids is 1. The summed E-state index contributed by atoms with van der Waals surface area (Å²) >= 11 is 0. The number of rotatable bonds is 8. The molecular weight excluding hydrogens is 518 g/mol. The number of benzene rings is 3. The van der Waals surface area contributed by atoms with E-state index in [4.69, 9.17) is 9.47 Å². The van der Waals surface area contributed by atoms with Gasteiger partial charge in [0, 0.05) is 32.0 Å². The zero-order valence-corrected chi connectivity index (χ0v) is 21.7. The molecule has 0 radical (unpaired) electrons. The molecule has 9 nitrogen and oxygen atoms in total. The predicted octanol–water partition coefficient (Wildman–Crippen LogP) is 4.78. The van der Waals surface area contributed by atoms with Crippen LogP contribution in [-0.4, -0.2) is 47.2 Å². The zero-order valence-electron chi connectivity index (χ0n) is 21.7. The van der Waals surface area contributed by atoms with Crippen LogP contribution in [-0.2, 0) is 6.54 Å². The molecule has 0 spiro atoms. The van der Waals surface area contributed by atoms with Crippen molar-refractivity contribution in [1.82, 2.24) is 15.0 Å². The number of methoxy groups -OCH3 is 1. The Kier molecular flexibility index (Phi) is 7.87. The first kappa shape index (κ1) is 26.6. The summed E-state index contributed by atoms with van der Waals surface area (Å²) in [7, 11) is 1.45. The van der Waals surface area contributed by atoms with Crippen molar-refractivity contribution in [1.29, 1.82) is 5.26 Å². The first-order valence-corrected chi connectivity index (χ1v) is 12.7. The second-order valence-electron chi connectivity index (χ2n) is 9.27. The van der Waals surface area contributed by atoms with Gasteiger partial charge >= 0.3 is 0 Å². The van der Waals surface area contributed by atoms with Gasteiger partial charge in [0.05, 0.1) is 36.7 Å². The van der Waals surface area contributed by atoms with Crippen LogP contribution < -0.4 is 19.7 Å². The first-order valence-electron chi connectivity index (χ1n) is 12.7. The minimum atomic E-state index is -0.740. The third kappa shape index (κ3) is 5.86. The van der Waals surface area contributed by atoms with E-state index in [0.29, 0.717) is 43.7 Å². The van der Waals surface area contributed by atoms with Crippen LogP contribution in [0.4, 0.5) is 20.2 Å². The average Bonchev–Trinajstić information content (AvgIpc) is 3.38. The van der Waals surface area contributed by atoms with Gasteiger partial charge in [-0.25, -0.2) is 13.5 Å². The van der Waals surface area contributed by atoms with Gasteiger partial charge in [0.2, 0.25) is 11.6 Å². The van der Waals surface area contributed by atoms with Crippen LogP contribution in [0.5, 0.6) is 11.6 Å². The Labute approximate surface area is 229 Å². The van der Waals surface area contributed by atoms with E-state index in [1.165, 1.54) is 17.9 Å². The van der Waals surface area contributed by atoms with Gasteiger partial charge in [-0.15, -0.1) is 5.10 Å². The molecule has 3 aromatic carbocycles. The molecule has 0 bridgehead atoms. The van der Waals surface area contributed by atoms with Gasteiger partial charge in [0.15, 0.2) is 11.6 Å². The van der Waals surface area contributed by atoms with E-state index in [2.05, 4.69) is 26.6 Å². The maximum absolute atomic E-state index is 14.0. The molecule has 1 saturated heterocycles. The zero-order chi connectivity index (χ0) is 28.1. The Morgan fingerprint density at radius 3 is 2.58 bits per heavy atom. The molecule has 0 aliphatic carbocycles. The van der Waals surface area contributed by atoms with Gasteiger partial charge < -0.3 is 19.7 Å². The molecule has 204 valence electrons. The fourth-order valence-corrected chi connectivity index (χ4v) is 4.64. The molecule has 1 aliphatic heterocycles. The molecule has 1 amide bonds. The molecule has 40 heavy (non-hydrogen) atoms. The topological polar surface area (TPSA) is 105 Å². The summed E-state index contributed by atoms with van der Waals surface area (Å²) in [6.07, 6.45) is 0.897. The minimum Gasteiger partial charge on any atom is -0.487 e. The number of anilines is 2. The lowest BCUT2D eigenvalue weighted by molar-refractivity contribution is 0.101. The standard InChI is InChI=1S/C29H26F2N6O3/c1-39-29-27(34-35-37(29)18-19-5-3-2-4-6-19)28(38)33-24-15-20(17-32)7-9-25(24)36-13-11-22(12-14-36)40-26-10-8-21(30)16-23(26)31/h2-10,15-16,22H,11-14,18H2,1H3,(H,33,38). The highest BCUT2D eigenvalue weighted by atomic mass is 19.1. The summed E-state index contributed by atoms with van der Waals surface area (Å²) in [5.74, 6) is -1.70. The highest BCUT2D eigenvalue weighted by Crippen LogP contribution is 2.32. The van der Waals surface area contributed by atoms with E-state index in [1.54, 1.807) is 18.2 Å². The molecule has 1 N–H and O–H groups in total. The number of nitrogens with one attached hydrogen (secondary N) is 1. The van der Waals surface area contributed by atoms with Crippen molar-refractivity contribution in [2.24, 2.45) is 0 Å². The number of aromatic nitrogens is 3. The normalized spacial score (nSPS) is 13.5. The summed E-state index contributed by atoms with van der Waals surface area (Å²) in [6.45, 7) is 1.48. The second-order valence-corrected chi connectivity index (χ2v) is 9.27. The van der Waals surface area contributed by atoms with Crippen molar-refractivity contribution in [3.8, 4) is 17.7 Å². The quantitative estimate of drug-likeness (QED) is 0.340. The van der Waals surface area contributed by atoms with Gasteiger partial charge in [-0.05, 0) is 35.9 Å². The number of carbonyl (C=O) groups is 1. The number of amides is 1. The molecule has 1 fully saturated rings. The largest absolute Gasteiger partial charge is 0.487 e. The van der Waals surface area contributed by atoms with Gasteiger partial charge in [0.1, 0.15) is 11.9 Å².